The number of hydrogen-bond donors (Lipinski definition) is 4. The van der Waals surface area contributed by atoms with Gasteiger partial charge in [0.2, 0.25) is 5.95 Å². The van der Waals surface area contributed by atoms with E-state index in [-0.39, 0.29) is 22.9 Å². The normalized spacial score (nSPS) is 11.3. The summed E-state index contributed by atoms with van der Waals surface area (Å²) in [7, 11) is 1.29. The minimum absolute atomic E-state index is 0.142. The lowest BCUT2D eigenvalue weighted by atomic mass is 10.1. The Bertz CT molecular complexity index is 778. The summed E-state index contributed by atoms with van der Waals surface area (Å²) in [6.07, 6.45) is -5.64. The number of hydrogen-bond acceptors (Lipinski definition) is 6. The highest BCUT2D eigenvalue weighted by Crippen LogP contribution is 2.34. The molecule has 26 heavy (non-hydrogen) atoms. The molecule has 0 aliphatic heterocycles. The predicted octanol–water partition coefficient (Wildman–Crippen LogP) is 3.96. The first-order chi connectivity index (χ1) is 12.3. The van der Waals surface area contributed by atoms with Crippen LogP contribution in [0.15, 0.2) is 24.4 Å². The quantitative estimate of drug-likeness (QED) is 0.436. The molecular weight excluding hydrogens is 359 g/mol. The third kappa shape index (κ3) is 4.55. The van der Waals surface area contributed by atoms with Crippen molar-refractivity contribution in [2.75, 3.05) is 29.5 Å². The molecule has 0 saturated carbocycles. The van der Waals surface area contributed by atoms with Crippen LogP contribution in [-0.4, -0.2) is 36.2 Å². The Balaban J connectivity index is 2.33. The molecule has 0 saturated heterocycles. The van der Waals surface area contributed by atoms with Gasteiger partial charge in [0.05, 0.1) is 12.2 Å². The maximum Gasteiger partial charge on any atom is 0.421 e. The molecule has 0 amide bonds. The number of alkyl halides is 5. The lowest BCUT2D eigenvalue weighted by molar-refractivity contribution is -0.137. The van der Waals surface area contributed by atoms with Crippen molar-refractivity contribution in [2.24, 2.45) is 0 Å². The SMILES string of the molecule is CNc1nc(Nc2cccc(NCC(F)F)c2C=N)ncc1C(F)(F)F. The van der Waals surface area contributed by atoms with E-state index in [0.717, 1.165) is 6.21 Å². The summed E-state index contributed by atoms with van der Waals surface area (Å²) in [6, 6.07) is 4.56. The second-order valence-electron chi connectivity index (χ2n) is 5.01. The molecule has 0 atom stereocenters. The van der Waals surface area contributed by atoms with Crippen molar-refractivity contribution >= 4 is 29.4 Å². The fraction of sp³-hybridized carbons (Fsp3) is 0.267. The van der Waals surface area contributed by atoms with Gasteiger partial charge in [0.1, 0.15) is 11.4 Å². The molecule has 0 aliphatic rings. The number of anilines is 4. The highest BCUT2D eigenvalue weighted by Gasteiger charge is 2.35. The van der Waals surface area contributed by atoms with Crippen LogP contribution in [0.25, 0.3) is 0 Å². The molecular formula is C15H15F5N6. The average Bonchev–Trinajstić information content (AvgIpc) is 2.58. The van der Waals surface area contributed by atoms with Crippen molar-refractivity contribution < 1.29 is 22.0 Å². The average molecular weight is 374 g/mol. The van der Waals surface area contributed by atoms with E-state index in [9.17, 15) is 22.0 Å². The smallest absolute Gasteiger partial charge is 0.379 e. The summed E-state index contributed by atoms with van der Waals surface area (Å²) < 4.78 is 63.4. The number of nitrogens with zero attached hydrogens (tertiary/aromatic N) is 2. The zero-order valence-electron chi connectivity index (χ0n) is 13.5. The molecule has 0 aliphatic carbocycles. The highest BCUT2D eigenvalue weighted by molar-refractivity contribution is 5.94. The Hall–Kier alpha value is -2.98. The standard InChI is InChI=1S/C15H15F5N6/c1-22-13-9(15(18,19)20)6-24-14(26-13)25-11-4-2-3-10(8(11)5-21)23-7-12(16)17/h2-6,12,21,23H,7H2,1H3,(H2,22,24,25,26). The van der Waals surface area contributed by atoms with E-state index >= 15 is 0 Å². The predicted molar refractivity (Wildman–Crippen MR) is 88.7 cm³/mol. The first-order valence-corrected chi connectivity index (χ1v) is 7.30. The molecule has 140 valence electrons. The van der Waals surface area contributed by atoms with Crippen molar-refractivity contribution in [2.45, 2.75) is 12.6 Å². The fourth-order valence-corrected chi connectivity index (χ4v) is 2.13. The van der Waals surface area contributed by atoms with Crippen LogP contribution < -0.4 is 16.0 Å². The first-order valence-electron chi connectivity index (χ1n) is 7.30. The molecule has 0 bridgehead atoms. The Labute approximate surface area is 145 Å². The number of nitrogens with one attached hydrogen (secondary N) is 4. The van der Waals surface area contributed by atoms with Gasteiger partial charge in [0, 0.05) is 30.7 Å². The zero-order valence-corrected chi connectivity index (χ0v) is 13.5. The monoisotopic (exact) mass is 374 g/mol. The Morgan fingerprint density at radius 2 is 1.92 bits per heavy atom. The largest absolute Gasteiger partial charge is 0.421 e. The fourth-order valence-electron chi connectivity index (χ4n) is 2.13. The Kier molecular flexibility index (Phi) is 5.90. The molecule has 4 N–H and O–H groups in total. The molecule has 1 aromatic carbocycles. The molecule has 6 nitrogen and oxygen atoms in total. The van der Waals surface area contributed by atoms with Crippen molar-refractivity contribution in [3.8, 4) is 0 Å². The van der Waals surface area contributed by atoms with Crippen LogP contribution in [0.5, 0.6) is 0 Å². The molecule has 2 rings (SSSR count). The van der Waals surface area contributed by atoms with Crippen molar-refractivity contribution in [3.05, 3.63) is 35.5 Å². The van der Waals surface area contributed by atoms with Gasteiger partial charge in [-0.05, 0) is 12.1 Å². The van der Waals surface area contributed by atoms with Gasteiger partial charge in [-0.3, -0.25) is 0 Å². The van der Waals surface area contributed by atoms with Crippen LogP contribution in [0.4, 0.5) is 45.1 Å². The molecule has 0 spiro atoms. The van der Waals surface area contributed by atoms with Crippen molar-refractivity contribution in [1.82, 2.24) is 9.97 Å². The van der Waals surface area contributed by atoms with Gasteiger partial charge in [-0.15, -0.1) is 0 Å². The van der Waals surface area contributed by atoms with Crippen LogP contribution >= 0.6 is 0 Å². The second-order valence-corrected chi connectivity index (χ2v) is 5.01. The summed E-state index contributed by atoms with van der Waals surface area (Å²) in [5.74, 6) is -0.560. The van der Waals surface area contributed by atoms with E-state index in [0.29, 0.717) is 6.20 Å². The minimum atomic E-state index is -4.61. The van der Waals surface area contributed by atoms with E-state index in [4.69, 9.17) is 5.41 Å². The second kappa shape index (κ2) is 7.93. The minimum Gasteiger partial charge on any atom is -0.379 e. The maximum atomic E-state index is 12.9. The number of rotatable bonds is 7. The Morgan fingerprint density at radius 1 is 1.23 bits per heavy atom. The van der Waals surface area contributed by atoms with Crippen LogP contribution in [-0.2, 0) is 6.18 Å². The highest BCUT2D eigenvalue weighted by atomic mass is 19.4. The number of aromatic nitrogens is 2. The van der Waals surface area contributed by atoms with Gasteiger partial charge >= 0.3 is 6.18 Å². The number of halogens is 5. The van der Waals surface area contributed by atoms with Gasteiger partial charge < -0.3 is 21.4 Å². The molecule has 2 aromatic rings. The van der Waals surface area contributed by atoms with Gasteiger partial charge in [-0.2, -0.15) is 18.2 Å². The van der Waals surface area contributed by atoms with Gasteiger partial charge in [0.15, 0.2) is 0 Å². The molecule has 1 heterocycles. The summed E-state index contributed by atoms with van der Waals surface area (Å²) in [5, 5.41) is 15.0. The topological polar surface area (TPSA) is 85.7 Å². The van der Waals surface area contributed by atoms with Crippen LogP contribution in [0, 0.1) is 5.41 Å². The van der Waals surface area contributed by atoms with Crippen molar-refractivity contribution in [1.29, 1.82) is 5.41 Å². The van der Waals surface area contributed by atoms with Crippen molar-refractivity contribution in [3.63, 3.8) is 0 Å². The molecule has 0 unspecified atom stereocenters. The van der Waals surface area contributed by atoms with E-state index < -0.39 is 30.5 Å². The molecule has 11 heteroatoms. The molecule has 0 radical (unpaired) electrons. The first kappa shape index (κ1) is 19.3. The molecule has 0 fully saturated rings. The van der Waals surface area contributed by atoms with E-state index in [1.807, 2.05) is 0 Å². The third-order valence-electron chi connectivity index (χ3n) is 3.27. The zero-order chi connectivity index (χ0) is 19.3. The Morgan fingerprint density at radius 3 is 2.50 bits per heavy atom. The van der Waals surface area contributed by atoms with E-state index in [2.05, 4.69) is 25.9 Å². The lowest BCUT2D eigenvalue weighted by Gasteiger charge is -2.15. The molecule has 1 aromatic heterocycles. The third-order valence-corrected chi connectivity index (χ3v) is 3.27. The summed E-state index contributed by atoms with van der Waals surface area (Å²) in [6.45, 7) is -0.606. The van der Waals surface area contributed by atoms with Gasteiger partial charge in [-0.25, -0.2) is 13.8 Å². The summed E-state index contributed by atoms with van der Waals surface area (Å²) in [5.41, 5.74) is -0.236. The van der Waals surface area contributed by atoms with Crippen LogP contribution in [0.2, 0.25) is 0 Å². The maximum absolute atomic E-state index is 12.9. The van der Waals surface area contributed by atoms with E-state index in [1.54, 1.807) is 0 Å². The van der Waals surface area contributed by atoms with Gasteiger partial charge in [-0.1, -0.05) is 6.07 Å². The van der Waals surface area contributed by atoms with Crippen LogP contribution in [0.1, 0.15) is 11.1 Å². The number of benzene rings is 1. The van der Waals surface area contributed by atoms with Crippen LogP contribution in [0.3, 0.4) is 0 Å². The summed E-state index contributed by atoms with van der Waals surface area (Å²) >= 11 is 0. The lowest BCUT2D eigenvalue weighted by Crippen LogP contribution is -2.14. The van der Waals surface area contributed by atoms with E-state index in [1.165, 1.54) is 25.2 Å². The van der Waals surface area contributed by atoms with Gasteiger partial charge in [0.25, 0.3) is 6.43 Å². The summed E-state index contributed by atoms with van der Waals surface area (Å²) in [4.78, 5) is 7.39.